The smallest absolute Gasteiger partial charge is 0.408 e. The Morgan fingerprint density at radius 1 is 1.11 bits per heavy atom. The second kappa shape index (κ2) is 13.9. The molecular formula is C31H37F3N8O4. The Kier molecular flexibility index (Phi) is 10.2. The molecule has 12 nitrogen and oxygen atoms in total. The Labute approximate surface area is 265 Å². The van der Waals surface area contributed by atoms with E-state index in [1.807, 2.05) is 30.9 Å². The van der Waals surface area contributed by atoms with E-state index >= 15 is 0 Å². The normalized spacial score (nSPS) is 13.7. The molecule has 246 valence electrons. The highest BCUT2D eigenvalue weighted by Gasteiger charge is 2.46. The van der Waals surface area contributed by atoms with Crippen molar-refractivity contribution in [3.63, 3.8) is 0 Å². The summed E-state index contributed by atoms with van der Waals surface area (Å²) in [5.41, 5.74) is 2.12. The molecule has 15 heteroatoms. The number of ether oxygens (including phenoxy) is 2. The van der Waals surface area contributed by atoms with Crippen LogP contribution in [0.25, 0.3) is 0 Å². The minimum Gasteiger partial charge on any atom is -0.497 e. The Hall–Kier alpha value is -5.05. The fourth-order valence-corrected chi connectivity index (χ4v) is 4.70. The summed E-state index contributed by atoms with van der Waals surface area (Å²) in [4.78, 5) is 40.7. The number of alkyl halides is 3. The molecule has 2 heterocycles. The average molecular weight is 643 g/mol. The van der Waals surface area contributed by atoms with E-state index in [1.165, 1.54) is 20.4 Å². The number of amides is 3. The van der Waals surface area contributed by atoms with Gasteiger partial charge in [-0.15, -0.1) is 0 Å². The third-order valence-corrected chi connectivity index (χ3v) is 7.40. The van der Waals surface area contributed by atoms with Crippen LogP contribution in [0.4, 0.5) is 52.5 Å². The van der Waals surface area contributed by atoms with Gasteiger partial charge in [-0.25, -0.2) is 14.7 Å². The van der Waals surface area contributed by atoms with Crippen LogP contribution in [0, 0.1) is 0 Å². The summed E-state index contributed by atoms with van der Waals surface area (Å²) in [6.07, 6.45) is -2.12. The zero-order chi connectivity index (χ0) is 33.8. The first-order chi connectivity index (χ1) is 21.8. The van der Waals surface area contributed by atoms with Crippen LogP contribution in [0.3, 0.4) is 0 Å². The highest BCUT2D eigenvalue weighted by Crippen LogP contribution is 2.40. The number of benzene rings is 2. The van der Waals surface area contributed by atoms with Crippen LogP contribution in [0.1, 0.15) is 12.5 Å². The highest BCUT2D eigenvalue weighted by molar-refractivity contribution is 6.03. The van der Waals surface area contributed by atoms with Crippen LogP contribution in [0.5, 0.6) is 11.5 Å². The van der Waals surface area contributed by atoms with Crippen molar-refractivity contribution in [3.05, 3.63) is 60.8 Å². The van der Waals surface area contributed by atoms with Gasteiger partial charge >= 0.3 is 12.2 Å². The Balaban J connectivity index is 1.77. The van der Waals surface area contributed by atoms with Gasteiger partial charge in [0.25, 0.3) is 0 Å². The predicted molar refractivity (Wildman–Crippen MR) is 171 cm³/mol. The summed E-state index contributed by atoms with van der Waals surface area (Å²) in [5, 5.41) is 5.90. The number of nitrogens with one attached hydrogen (secondary N) is 2. The van der Waals surface area contributed by atoms with E-state index in [1.54, 1.807) is 36.4 Å². The van der Waals surface area contributed by atoms with Crippen molar-refractivity contribution >= 4 is 46.5 Å². The zero-order valence-electron chi connectivity index (χ0n) is 26.5. The highest BCUT2D eigenvalue weighted by atomic mass is 19.4. The lowest BCUT2D eigenvalue weighted by Gasteiger charge is -2.39. The first-order valence-corrected chi connectivity index (χ1v) is 14.2. The fourth-order valence-electron chi connectivity index (χ4n) is 4.70. The van der Waals surface area contributed by atoms with E-state index in [4.69, 9.17) is 9.47 Å². The standard InChI is InChI=1S/C31H37F3N8O4/c1-8-27(43)36-23-15-24(26(46-7)16-25(23)40(5)14-13-39(3)4)37-29-35-17-20-18-41(19(2)31(32,33)34)30(44)42(28(20)38-29)21-9-11-22(45-6)12-10-21/h8-12,15-17,19H,1,13-14,18H2,2-7H3,(H,36,43)(H,35,37,38)/t19-/m0/s1. The molecule has 0 bridgehead atoms. The maximum absolute atomic E-state index is 13.8. The van der Waals surface area contributed by atoms with Gasteiger partial charge in [-0.05, 0) is 57.4 Å². The molecule has 4 rings (SSSR count). The lowest BCUT2D eigenvalue weighted by atomic mass is 10.1. The van der Waals surface area contributed by atoms with Gasteiger partial charge < -0.3 is 34.8 Å². The van der Waals surface area contributed by atoms with Crippen LogP contribution in [0.2, 0.25) is 0 Å². The van der Waals surface area contributed by atoms with Crippen LogP contribution >= 0.6 is 0 Å². The van der Waals surface area contributed by atoms with Crippen molar-refractivity contribution in [1.29, 1.82) is 0 Å². The summed E-state index contributed by atoms with van der Waals surface area (Å²) < 4.78 is 52.1. The van der Waals surface area contributed by atoms with Gasteiger partial charge in [0.2, 0.25) is 11.9 Å². The Morgan fingerprint density at radius 3 is 2.39 bits per heavy atom. The summed E-state index contributed by atoms with van der Waals surface area (Å²) in [5.74, 6) is 0.627. The quantitative estimate of drug-likeness (QED) is 0.251. The van der Waals surface area contributed by atoms with E-state index < -0.39 is 24.2 Å². The van der Waals surface area contributed by atoms with Crippen molar-refractivity contribution < 1.29 is 32.2 Å². The molecule has 46 heavy (non-hydrogen) atoms. The number of anilines is 6. The predicted octanol–water partition coefficient (Wildman–Crippen LogP) is 5.38. The third-order valence-electron chi connectivity index (χ3n) is 7.40. The van der Waals surface area contributed by atoms with Crippen LogP contribution in [-0.2, 0) is 11.3 Å². The molecule has 0 aliphatic carbocycles. The summed E-state index contributed by atoms with van der Waals surface area (Å²) in [7, 11) is 8.76. The second-order valence-corrected chi connectivity index (χ2v) is 10.8. The van der Waals surface area contributed by atoms with Gasteiger partial charge in [-0.3, -0.25) is 4.79 Å². The number of hydrogen-bond acceptors (Lipinski definition) is 9. The number of halogens is 3. The van der Waals surface area contributed by atoms with Crippen LogP contribution in [0.15, 0.2) is 55.3 Å². The molecule has 0 saturated carbocycles. The largest absolute Gasteiger partial charge is 0.497 e. The van der Waals surface area contributed by atoms with Crippen LogP contribution in [-0.4, -0.2) is 92.4 Å². The molecular weight excluding hydrogens is 605 g/mol. The molecule has 1 aromatic heterocycles. The van der Waals surface area contributed by atoms with Crippen molar-refractivity contribution in [2.45, 2.75) is 25.7 Å². The fraction of sp³-hybridized carbons (Fsp3) is 0.355. The maximum atomic E-state index is 13.8. The number of carbonyl (C=O) groups is 2. The molecule has 2 N–H and O–H groups in total. The molecule has 1 atom stereocenters. The van der Waals surface area contributed by atoms with E-state index in [0.717, 1.165) is 29.3 Å². The second-order valence-electron chi connectivity index (χ2n) is 10.8. The molecule has 0 saturated heterocycles. The molecule has 1 aliphatic rings. The van der Waals surface area contributed by atoms with E-state index in [2.05, 4.69) is 27.2 Å². The van der Waals surface area contributed by atoms with Crippen molar-refractivity contribution in [3.8, 4) is 11.5 Å². The topological polar surface area (TPSA) is 115 Å². The van der Waals surface area contributed by atoms with Gasteiger partial charge in [0, 0.05) is 38.0 Å². The number of nitrogens with zero attached hydrogens (tertiary/aromatic N) is 6. The van der Waals surface area contributed by atoms with E-state index in [0.29, 0.717) is 40.7 Å². The minimum atomic E-state index is -4.65. The molecule has 0 fully saturated rings. The van der Waals surface area contributed by atoms with Crippen molar-refractivity contribution in [2.24, 2.45) is 0 Å². The number of likely N-dealkylation sites (N-methyl/N-ethyl adjacent to an activating group) is 2. The number of urea groups is 1. The SMILES string of the molecule is C=CC(=O)Nc1cc(Nc2ncc3c(n2)N(c2ccc(OC)cc2)C(=O)N([C@@H](C)C(F)(F)F)C3)c(OC)cc1N(C)CCN(C)C. The lowest BCUT2D eigenvalue weighted by molar-refractivity contribution is -0.172. The average Bonchev–Trinajstić information content (AvgIpc) is 3.02. The van der Waals surface area contributed by atoms with Gasteiger partial charge in [0.15, 0.2) is 5.82 Å². The number of aromatic nitrogens is 2. The molecule has 3 aromatic rings. The first kappa shape index (κ1) is 33.8. The molecule has 0 spiro atoms. The minimum absolute atomic E-state index is 0.0374. The van der Waals surface area contributed by atoms with Crippen LogP contribution < -0.4 is 29.9 Å². The van der Waals surface area contributed by atoms with E-state index in [-0.39, 0.29) is 24.0 Å². The first-order valence-electron chi connectivity index (χ1n) is 14.2. The van der Waals surface area contributed by atoms with E-state index in [9.17, 15) is 22.8 Å². The monoisotopic (exact) mass is 642 g/mol. The zero-order valence-corrected chi connectivity index (χ0v) is 26.5. The van der Waals surface area contributed by atoms with Gasteiger partial charge in [-0.1, -0.05) is 6.58 Å². The van der Waals surface area contributed by atoms with Gasteiger partial charge in [-0.2, -0.15) is 18.2 Å². The lowest BCUT2D eigenvalue weighted by Crippen LogP contribution is -2.53. The molecule has 0 radical (unpaired) electrons. The summed E-state index contributed by atoms with van der Waals surface area (Å²) in [6.45, 7) is 5.51. The number of carbonyl (C=O) groups excluding carboxylic acids is 2. The molecule has 1 aliphatic heterocycles. The van der Waals surface area contributed by atoms with Gasteiger partial charge in [0.05, 0.1) is 43.5 Å². The third kappa shape index (κ3) is 7.42. The maximum Gasteiger partial charge on any atom is 0.408 e. The number of rotatable bonds is 12. The molecule has 2 aromatic carbocycles. The number of hydrogen-bond donors (Lipinski definition) is 2. The Morgan fingerprint density at radius 2 is 1.80 bits per heavy atom. The molecule has 3 amide bonds. The summed E-state index contributed by atoms with van der Waals surface area (Å²) in [6, 6.07) is 6.74. The number of fused-ring (bicyclic) bond motifs is 1. The summed E-state index contributed by atoms with van der Waals surface area (Å²) >= 11 is 0. The number of methoxy groups -OCH3 is 2. The Bertz CT molecular complexity index is 1580. The van der Waals surface area contributed by atoms with Gasteiger partial charge in [0.1, 0.15) is 17.5 Å². The van der Waals surface area contributed by atoms with Crippen molar-refractivity contribution in [2.75, 3.05) is 68.9 Å². The molecule has 0 unspecified atom stereocenters. The van der Waals surface area contributed by atoms with Crippen molar-refractivity contribution in [1.82, 2.24) is 19.8 Å².